The number of alkyl halides is 1. The molecule has 0 aromatic rings. The molecule has 0 radical (unpaired) electrons. The Balaban J connectivity index is 1.30. The van der Waals surface area contributed by atoms with Crippen molar-refractivity contribution in [1.82, 2.24) is 16.2 Å². The fourth-order valence-electron chi connectivity index (χ4n) is 5.59. The summed E-state index contributed by atoms with van der Waals surface area (Å²) in [6.45, 7) is 0. The fourth-order valence-corrected chi connectivity index (χ4v) is 7.10. The third-order valence-corrected chi connectivity index (χ3v) is 7.01. The van der Waals surface area contributed by atoms with Gasteiger partial charge < -0.3 is 5.32 Å². The first-order valence-electron chi connectivity index (χ1n) is 8.93. The Morgan fingerprint density at radius 3 is 2.21 bits per heavy atom. The lowest BCUT2D eigenvalue weighted by Crippen LogP contribution is -2.55. The second-order valence-electron chi connectivity index (χ2n) is 8.54. The molecule has 7 heteroatoms. The number of hydrogen-bond acceptors (Lipinski definition) is 3. The Hall–Kier alpha value is -1.11. The van der Waals surface area contributed by atoms with Crippen LogP contribution in [0.25, 0.3) is 0 Å². The van der Waals surface area contributed by atoms with Gasteiger partial charge in [0.15, 0.2) is 0 Å². The van der Waals surface area contributed by atoms with Gasteiger partial charge in [-0.2, -0.15) is 0 Å². The van der Waals surface area contributed by atoms with E-state index < -0.39 is 11.8 Å². The third kappa shape index (κ3) is 3.32. The van der Waals surface area contributed by atoms with Crippen LogP contribution in [0.4, 0.5) is 0 Å². The minimum absolute atomic E-state index is 0.0542. The van der Waals surface area contributed by atoms with Gasteiger partial charge in [-0.3, -0.25) is 25.2 Å². The minimum Gasteiger partial charge on any atom is -0.345 e. The van der Waals surface area contributed by atoms with Gasteiger partial charge in [-0.1, -0.05) is 15.9 Å². The molecule has 24 heavy (non-hydrogen) atoms. The highest BCUT2D eigenvalue weighted by molar-refractivity contribution is 9.10. The zero-order valence-electron chi connectivity index (χ0n) is 13.7. The molecule has 4 bridgehead atoms. The van der Waals surface area contributed by atoms with Crippen LogP contribution >= 0.6 is 15.9 Å². The highest BCUT2D eigenvalue weighted by Gasteiger charge is 2.57. The van der Waals surface area contributed by atoms with Gasteiger partial charge in [-0.15, -0.1) is 0 Å². The highest BCUT2D eigenvalue weighted by Crippen LogP contribution is 2.65. The summed E-state index contributed by atoms with van der Waals surface area (Å²) in [4.78, 5) is 35.6. The quantitative estimate of drug-likeness (QED) is 0.383. The number of rotatable bonds is 3. The number of hydrazine groups is 1. The Morgan fingerprint density at radius 2 is 1.62 bits per heavy atom. The average Bonchev–Trinajstić information content (AvgIpc) is 3.25. The van der Waals surface area contributed by atoms with Crippen molar-refractivity contribution in [2.45, 2.75) is 68.2 Å². The number of carbonyl (C=O) groups is 3. The lowest BCUT2D eigenvalue weighted by atomic mass is 9.48. The molecule has 2 atom stereocenters. The first-order valence-corrected chi connectivity index (χ1v) is 9.73. The number of nitrogens with one attached hydrogen (secondary N) is 3. The molecule has 3 N–H and O–H groups in total. The molecular weight excluding hydrogens is 374 g/mol. The molecule has 3 amide bonds. The van der Waals surface area contributed by atoms with Crippen molar-refractivity contribution in [3.8, 4) is 0 Å². The van der Waals surface area contributed by atoms with Crippen molar-refractivity contribution in [3.63, 3.8) is 0 Å². The van der Waals surface area contributed by atoms with E-state index in [4.69, 9.17) is 0 Å². The molecule has 0 spiro atoms. The van der Waals surface area contributed by atoms with E-state index in [1.807, 2.05) is 0 Å². The van der Waals surface area contributed by atoms with Crippen molar-refractivity contribution in [1.29, 1.82) is 0 Å². The maximum atomic E-state index is 12.3. The van der Waals surface area contributed by atoms with E-state index >= 15 is 0 Å². The lowest BCUT2D eigenvalue weighted by molar-refractivity contribution is -0.141. The van der Waals surface area contributed by atoms with Gasteiger partial charge >= 0.3 is 11.8 Å². The zero-order valence-corrected chi connectivity index (χ0v) is 15.3. The van der Waals surface area contributed by atoms with Gasteiger partial charge in [-0.25, -0.2) is 0 Å². The standard InChI is InChI=1S/C17H24BrN3O3/c18-17-6-10-3-11(7-17)5-16(4-10,9-17)8-13(22)20-21-15(24)14(23)19-12-1-2-12/h10-12H,1-9H2,(H,19,23)(H,20,22)(H,21,24). The van der Waals surface area contributed by atoms with Crippen LogP contribution in [0.2, 0.25) is 0 Å². The number of hydrogen-bond donors (Lipinski definition) is 3. The molecular formula is C17H24BrN3O3. The molecule has 6 nitrogen and oxygen atoms in total. The Bertz CT molecular complexity index is 576. The monoisotopic (exact) mass is 397 g/mol. The van der Waals surface area contributed by atoms with Crippen molar-refractivity contribution >= 4 is 33.7 Å². The maximum absolute atomic E-state index is 12.3. The summed E-state index contributed by atoms with van der Waals surface area (Å²) in [7, 11) is 0. The van der Waals surface area contributed by atoms with E-state index in [1.54, 1.807) is 0 Å². The molecule has 132 valence electrons. The number of amides is 3. The summed E-state index contributed by atoms with van der Waals surface area (Å²) in [5.41, 5.74) is 4.73. The molecule has 2 unspecified atom stereocenters. The predicted octanol–water partition coefficient (Wildman–Crippen LogP) is 1.54. The normalized spacial score (nSPS) is 39.4. The smallest absolute Gasteiger partial charge is 0.327 e. The second-order valence-corrected chi connectivity index (χ2v) is 10.2. The van der Waals surface area contributed by atoms with Crippen LogP contribution in [0.5, 0.6) is 0 Å². The molecule has 0 aromatic carbocycles. The van der Waals surface area contributed by atoms with E-state index in [1.165, 1.54) is 19.3 Å². The molecule has 0 aromatic heterocycles. The minimum atomic E-state index is -0.794. The molecule has 5 aliphatic rings. The summed E-state index contributed by atoms with van der Waals surface area (Å²) >= 11 is 3.94. The van der Waals surface area contributed by atoms with E-state index in [2.05, 4.69) is 32.1 Å². The van der Waals surface area contributed by atoms with Crippen molar-refractivity contribution in [2.24, 2.45) is 17.3 Å². The van der Waals surface area contributed by atoms with Crippen LogP contribution in [-0.4, -0.2) is 28.1 Å². The first-order chi connectivity index (χ1) is 11.3. The summed E-state index contributed by atoms with van der Waals surface area (Å²) in [6, 6.07) is 0.126. The molecule has 5 saturated carbocycles. The summed E-state index contributed by atoms with van der Waals surface area (Å²) in [6.07, 6.45) is 9.29. The number of carbonyl (C=O) groups excluding carboxylic acids is 3. The van der Waals surface area contributed by atoms with Crippen molar-refractivity contribution in [2.75, 3.05) is 0 Å². The summed E-state index contributed by atoms with van der Waals surface area (Å²) < 4.78 is 0.213. The largest absolute Gasteiger partial charge is 0.345 e. The third-order valence-electron chi connectivity index (χ3n) is 6.08. The van der Waals surface area contributed by atoms with E-state index in [0.29, 0.717) is 6.42 Å². The summed E-state index contributed by atoms with van der Waals surface area (Å²) in [5, 5.41) is 2.60. The van der Waals surface area contributed by atoms with E-state index in [-0.39, 0.29) is 21.7 Å². The van der Waals surface area contributed by atoms with Crippen LogP contribution < -0.4 is 16.2 Å². The maximum Gasteiger partial charge on any atom is 0.327 e. The van der Waals surface area contributed by atoms with Crippen LogP contribution in [0, 0.1) is 17.3 Å². The van der Waals surface area contributed by atoms with Crippen LogP contribution in [0.15, 0.2) is 0 Å². The predicted molar refractivity (Wildman–Crippen MR) is 90.8 cm³/mol. The van der Waals surface area contributed by atoms with E-state index in [0.717, 1.165) is 43.9 Å². The second kappa shape index (κ2) is 5.71. The van der Waals surface area contributed by atoms with Gasteiger partial charge in [0.1, 0.15) is 0 Å². The molecule has 0 heterocycles. The molecule has 5 rings (SSSR count). The Kier molecular flexibility index (Phi) is 3.90. The zero-order chi connectivity index (χ0) is 16.9. The van der Waals surface area contributed by atoms with Gasteiger partial charge in [0.25, 0.3) is 0 Å². The van der Waals surface area contributed by atoms with Gasteiger partial charge in [0.05, 0.1) is 0 Å². The molecule has 0 aliphatic heterocycles. The van der Waals surface area contributed by atoms with Gasteiger partial charge in [-0.05, 0) is 68.6 Å². The first kappa shape index (κ1) is 16.4. The number of halogens is 1. The Morgan fingerprint density at radius 1 is 0.958 bits per heavy atom. The summed E-state index contributed by atoms with van der Waals surface area (Å²) in [5.74, 6) is -0.222. The van der Waals surface area contributed by atoms with Crippen molar-refractivity contribution in [3.05, 3.63) is 0 Å². The lowest BCUT2D eigenvalue weighted by Gasteiger charge is -2.60. The van der Waals surface area contributed by atoms with Crippen molar-refractivity contribution < 1.29 is 14.4 Å². The molecule has 0 saturated heterocycles. The average molecular weight is 398 g/mol. The van der Waals surface area contributed by atoms with Crippen LogP contribution in [-0.2, 0) is 14.4 Å². The van der Waals surface area contributed by atoms with E-state index in [9.17, 15) is 14.4 Å². The van der Waals surface area contributed by atoms with Gasteiger partial charge in [0.2, 0.25) is 5.91 Å². The van der Waals surface area contributed by atoms with Crippen LogP contribution in [0.3, 0.4) is 0 Å². The Labute approximate surface area is 150 Å². The molecule has 5 aliphatic carbocycles. The van der Waals surface area contributed by atoms with Gasteiger partial charge in [0, 0.05) is 16.8 Å². The molecule has 5 fully saturated rings. The van der Waals surface area contributed by atoms with Crippen LogP contribution in [0.1, 0.15) is 57.8 Å². The SMILES string of the molecule is O=C(CC12CC3CC(CC(Br)(C3)C1)C2)NNC(=O)C(=O)NC1CC1. The fraction of sp³-hybridized carbons (Fsp3) is 0.824. The highest BCUT2D eigenvalue weighted by atomic mass is 79.9. The topological polar surface area (TPSA) is 87.3 Å².